The first-order valence-electron chi connectivity index (χ1n) is 6.05. The minimum absolute atomic E-state index is 0.0150. The molecule has 19 heavy (non-hydrogen) atoms. The normalized spacial score (nSPS) is 19.2. The molecule has 1 unspecified atom stereocenters. The Morgan fingerprint density at radius 2 is 2.16 bits per heavy atom. The molecular formula is C12H16N4O3. The van der Waals surface area contributed by atoms with Gasteiger partial charge in [0.25, 0.3) is 0 Å². The van der Waals surface area contributed by atoms with Crippen LogP contribution >= 0.6 is 0 Å². The number of nitrogens with zero attached hydrogens (tertiary/aromatic N) is 2. The van der Waals surface area contributed by atoms with Gasteiger partial charge in [-0.25, -0.2) is 9.78 Å². The van der Waals surface area contributed by atoms with Gasteiger partial charge >= 0.3 is 5.97 Å². The van der Waals surface area contributed by atoms with Gasteiger partial charge in [-0.3, -0.25) is 4.79 Å². The first-order valence-corrected chi connectivity index (χ1v) is 6.05. The van der Waals surface area contributed by atoms with Gasteiger partial charge in [0, 0.05) is 6.54 Å². The topological polar surface area (TPSA) is 123 Å². The van der Waals surface area contributed by atoms with E-state index in [1.54, 1.807) is 4.90 Å². The highest BCUT2D eigenvalue weighted by Gasteiger charge is 2.28. The molecule has 0 spiro atoms. The second kappa shape index (κ2) is 5.13. The summed E-state index contributed by atoms with van der Waals surface area (Å²) < 4.78 is 0. The molecule has 1 aliphatic heterocycles. The lowest BCUT2D eigenvalue weighted by molar-refractivity contribution is -0.119. The SMILES string of the molecule is NC(=O)C1CCCCN1c1cc(C(=O)O)c(N)cn1. The van der Waals surface area contributed by atoms with Crippen molar-refractivity contribution in [3.8, 4) is 0 Å². The van der Waals surface area contributed by atoms with Crippen molar-refractivity contribution < 1.29 is 14.7 Å². The van der Waals surface area contributed by atoms with E-state index in [1.165, 1.54) is 12.3 Å². The molecule has 0 saturated carbocycles. The van der Waals surface area contributed by atoms with E-state index in [4.69, 9.17) is 16.6 Å². The van der Waals surface area contributed by atoms with Gasteiger partial charge in [0.2, 0.25) is 5.91 Å². The lowest BCUT2D eigenvalue weighted by Gasteiger charge is -2.34. The number of carbonyl (C=O) groups excluding carboxylic acids is 1. The van der Waals surface area contributed by atoms with Crippen LogP contribution in [0.4, 0.5) is 11.5 Å². The number of aromatic carboxylic acids is 1. The number of carboxylic acids is 1. The average molecular weight is 264 g/mol. The number of aromatic nitrogens is 1. The Balaban J connectivity index is 2.36. The third kappa shape index (κ3) is 2.59. The Morgan fingerprint density at radius 3 is 2.79 bits per heavy atom. The number of carboxylic acid groups (broad SMARTS) is 1. The van der Waals surface area contributed by atoms with Crippen molar-refractivity contribution in [3.05, 3.63) is 17.8 Å². The van der Waals surface area contributed by atoms with Crippen LogP contribution in [0.2, 0.25) is 0 Å². The second-order valence-corrected chi connectivity index (χ2v) is 4.54. The number of pyridine rings is 1. The monoisotopic (exact) mass is 264 g/mol. The van der Waals surface area contributed by atoms with Gasteiger partial charge < -0.3 is 21.5 Å². The molecule has 5 N–H and O–H groups in total. The number of primary amides is 1. The van der Waals surface area contributed by atoms with Gasteiger partial charge in [-0.15, -0.1) is 0 Å². The van der Waals surface area contributed by atoms with Crippen LogP contribution in [-0.2, 0) is 4.79 Å². The minimum atomic E-state index is -1.12. The van der Waals surface area contributed by atoms with E-state index < -0.39 is 17.9 Å². The zero-order chi connectivity index (χ0) is 14.0. The van der Waals surface area contributed by atoms with E-state index in [-0.39, 0.29) is 11.3 Å². The lowest BCUT2D eigenvalue weighted by atomic mass is 10.0. The smallest absolute Gasteiger partial charge is 0.337 e. The molecule has 0 radical (unpaired) electrons. The summed E-state index contributed by atoms with van der Waals surface area (Å²) in [5, 5.41) is 9.05. The number of piperidine rings is 1. The van der Waals surface area contributed by atoms with Crippen molar-refractivity contribution in [2.24, 2.45) is 5.73 Å². The van der Waals surface area contributed by atoms with Crippen LogP contribution < -0.4 is 16.4 Å². The van der Waals surface area contributed by atoms with Crippen molar-refractivity contribution >= 4 is 23.4 Å². The van der Waals surface area contributed by atoms with E-state index in [9.17, 15) is 9.59 Å². The van der Waals surface area contributed by atoms with E-state index >= 15 is 0 Å². The fraction of sp³-hybridized carbons (Fsp3) is 0.417. The Hall–Kier alpha value is -2.31. The third-order valence-corrected chi connectivity index (χ3v) is 3.28. The number of hydrogen-bond donors (Lipinski definition) is 3. The molecule has 1 aromatic rings. The van der Waals surface area contributed by atoms with Crippen LogP contribution in [0.25, 0.3) is 0 Å². The number of rotatable bonds is 3. The maximum Gasteiger partial charge on any atom is 0.337 e. The van der Waals surface area contributed by atoms with E-state index in [0.29, 0.717) is 18.8 Å². The van der Waals surface area contributed by atoms with Crippen molar-refractivity contribution in [2.45, 2.75) is 25.3 Å². The van der Waals surface area contributed by atoms with Crippen LogP contribution in [0.3, 0.4) is 0 Å². The van der Waals surface area contributed by atoms with Crippen LogP contribution in [0.1, 0.15) is 29.6 Å². The minimum Gasteiger partial charge on any atom is -0.478 e. The first kappa shape index (κ1) is 13.1. The standard InChI is InChI=1S/C12H16N4O3/c13-8-6-15-10(5-7(8)12(18)19)16-4-2-1-3-9(16)11(14)17/h5-6,9H,1-4,13H2,(H2,14,17)(H,18,19). The molecule has 0 bridgehead atoms. The molecule has 1 aliphatic rings. The van der Waals surface area contributed by atoms with Gasteiger partial charge in [-0.2, -0.15) is 0 Å². The molecule has 1 aromatic heterocycles. The molecule has 7 nitrogen and oxygen atoms in total. The highest BCUT2D eigenvalue weighted by Crippen LogP contribution is 2.25. The summed E-state index contributed by atoms with van der Waals surface area (Å²) in [6, 6.07) is 0.949. The number of carbonyl (C=O) groups is 2. The maximum atomic E-state index is 11.4. The highest BCUT2D eigenvalue weighted by molar-refractivity contribution is 5.94. The van der Waals surface area contributed by atoms with Gasteiger partial charge in [0.05, 0.1) is 17.4 Å². The predicted octanol–water partition coefficient (Wildman–Crippen LogP) is 0.206. The molecule has 0 aromatic carbocycles. The third-order valence-electron chi connectivity index (χ3n) is 3.28. The van der Waals surface area contributed by atoms with Crippen LogP contribution in [0.5, 0.6) is 0 Å². The van der Waals surface area contributed by atoms with Crippen molar-refractivity contribution in [3.63, 3.8) is 0 Å². The number of nitrogen functional groups attached to an aromatic ring is 1. The quantitative estimate of drug-likeness (QED) is 0.717. The van der Waals surface area contributed by atoms with Crippen molar-refractivity contribution in [1.29, 1.82) is 0 Å². The summed E-state index contributed by atoms with van der Waals surface area (Å²) in [6.45, 7) is 0.629. The summed E-state index contributed by atoms with van der Waals surface area (Å²) in [5.74, 6) is -1.11. The van der Waals surface area contributed by atoms with Crippen LogP contribution in [0, 0.1) is 0 Å². The predicted molar refractivity (Wildman–Crippen MR) is 69.8 cm³/mol. The van der Waals surface area contributed by atoms with Gasteiger partial charge in [0.1, 0.15) is 11.9 Å². The highest BCUT2D eigenvalue weighted by atomic mass is 16.4. The molecule has 2 heterocycles. The molecule has 1 fully saturated rings. The molecule has 1 amide bonds. The Bertz CT molecular complexity index is 518. The summed E-state index contributed by atoms with van der Waals surface area (Å²) >= 11 is 0. The fourth-order valence-electron chi connectivity index (χ4n) is 2.30. The second-order valence-electron chi connectivity index (χ2n) is 4.54. The number of hydrogen-bond acceptors (Lipinski definition) is 5. The van der Waals surface area contributed by atoms with Crippen LogP contribution in [0.15, 0.2) is 12.3 Å². The largest absolute Gasteiger partial charge is 0.478 e. The molecule has 1 saturated heterocycles. The zero-order valence-corrected chi connectivity index (χ0v) is 10.4. The Morgan fingerprint density at radius 1 is 1.42 bits per heavy atom. The summed E-state index contributed by atoms with van der Waals surface area (Å²) in [5.41, 5.74) is 11.0. The molecule has 102 valence electrons. The maximum absolute atomic E-state index is 11.4. The number of nitrogens with two attached hydrogens (primary N) is 2. The summed E-state index contributed by atoms with van der Waals surface area (Å²) in [7, 11) is 0. The van der Waals surface area contributed by atoms with Gasteiger partial charge in [-0.05, 0) is 25.3 Å². The van der Waals surface area contributed by atoms with Gasteiger partial charge in [0.15, 0.2) is 0 Å². The lowest BCUT2D eigenvalue weighted by Crippen LogP contribution is -2.48. The number of amides is 1. The van der Waals surface area contributed by atoms with E-state index in [2.05, 4.69) is 4.98 Å². The molecule has 2 rings (SSSR count). The van der Waals surface area contributed by atoms with E-state index in [0.717, 1.165) is 12.8 Å². The summed E-state index contributed by atoms with van der Waals surface area (Å²) in [4.78, 5) is 28.3. The summed E-state index contributed by atoms with van der Waals surface area (Å²) in [6.07, 6.45) is 3.79. The molecule has 7 heteroatoms. The van der Waals surface area contributed by atoms with Crippen LogP contribution in [-0.4, -0.2) is 34.6 Å². The Labute approximate surface area is 110 Å². The van der Waals surface area contributed by atoms with E-state index in [1.807, 2.05) is 0 Å². The van der Waals surface area contributed by atoms with Gasteiger partial charge in [-0.1, -0.05) is 0 Å². The first-order chi connectivity index (χ1) is 9.00. The number of anilines is 2. The molecule has 1 atom stereocenters. The zero-order valence-electron chi connectivity index (χ0n) is 10.4. The molecule has 0 aliphatic carbocycles. The Kier molecular flexibility index (Phi) is 3.55. The van der Waals surface area contributed by atoms with Crippen molar-refractivity contribution in [1.82, 2.24) is 4.98 Å². The fourth-order valence-corrected chi connectivity index (χ4v) is 2.30. The molecular weight excluding hydrogens is 248 g/mol. The van der Waals surface area contributed by atoms with Crippen molar-refractivity contribution in [2.75, 3.05) is 17.2 Å². The average Bonchev–Trinajstić information content (AvgIpc) is 2.39.